The molecule has 0 N–H and O–H groups in total. The molecule has 0 radical (unpaired) electrons. The monoisotopic (exact) mass is 357 g/mol. The van der Waals surface area contributed by atoms with Gasteiger partial charge in [0.15, 0.2) is 6.29 Å². The van der Waals surface area contributed by atoms with E-state index in [-0.39, 0.29) is 12.2 Å². The van der Waals surface area contributed by atoms with E-state index in [1.165, 1.54) is 12.1 Å². The standard InChI is InChI=1S/C16H9BrFN3O/c17-12-7-11(5-6-19)16-20-15(14(9-22)21(16)8-12)10-1-3-13(18)4-2-10/h1-4,7-9H,5H2. The van der Waals surface area contributed by atoms with Gasteiger partial charge in [0.1, 0.15) is 22.9 Å². The van der Waals surface area contributed by atoms with E-state index in [1.54, 1.807) is 28.8 Å². The van der Waals surface area contributed by atoms with Gasteiger partial charge in [-0.1, -0.05) is 0 Å². The van der Waals surface area contributed by atoms with Crippen LogP contribution in [0.15, 0.2) is 41.0 Å². The number of carbonyl (C=O) groups excluding carboxylic acids is 1. The number of hydrogen-bond donors (Lipinski definition) is 0. The van der Waals surface area contributed by atoms with E-state index in [2.05, 4.69) is 27.0 Å². The zero-order valence-electron chi connectivity index (χ0n) is 11.3. The number of halogens is 2. The van der Waals surface area contributed by atoms with Crippen LogP contribution in [-0.4, -0.2) is 15.7 Å². The number of aromatic nitrogens is 2. The number of aldehydes is 1. The van der Waals surface area contributed by atoms with Crippen molar-refractivity contribution in [2.45, 2.75) is 6.42 Å². The van der Waals surface area contributed by atoms with E-state index in [0.717, 1.165) is 4.47 Å². The molecule has 6 heteroatoms. The number of imidazole rings is 1. The Morgan fingerprint density at radius 1 is 1.36 bits per heavy atom. The molecule has 0 amide bonds. The van der Waals surface area contributed by atoms with Crippen LogP contribution in [-0.2, 0) is 6.42 Å². The highest BCUT2D eigenvalue weighted by Crippen LogP contribution is 2.27. The molecule has 0 unspecified atom stereocenters. The molecule has 0 spiro atoms. The summed E-state index contributed by atoms with van der Waals surface area (Å²) in [4.78, 5) is 16.0. The topological polar surface area (TPSA) is 58.2 Å². The summed E-state index contributed by atoms with van der Waals surface area (Å²) in [5.74, 6) is -0.354. The third-order valence-electron chi connectivity index (χ3n) is 3.30. The van der Waals surface area contributed by atoms with Crippen LogP contribution in [0.25, 0.3) is 16.9 Å². The molecule has 4 nitrogen and oxygen atoms in total. The molecule has 1 aromatic carbocycles. The largest absolute Gasteiger partial charge is 0.296 e. The summed E-state index contributed by atoms with van der Waals surface area (Å²) in [6, 6.07) is 9.67. The number of rotatable bonds is 3. The third kappa shape index (κ3) is 2.40. The fourth-order valence-electron chi connectivity index (χ4n) is 2.34. The normalized spacial score (nSPS) is 10.6. The van der Waals surface area contributed by atoms with E-state index in [9.17, 15) is 9.18 Å². The molecule has 0 aliphatic rings. The number of pyridine rings is 1. The number of fused-ring (bicyclic) bond motifs is 1. The maximum atomic E-state index is 13.1. The predicted molar refractivity (Wildman–Crippen MR) is 83.0 cm³/mol. The maximum absolute atomic E-state index is 13.1. The number of nitrogens with zero attached hydrogens (tertiary/aromatic N) is 3. The second-order valence-electron chi connectivity index (χ2n) is 4.68. The minimum absolute atomic E-state index is 0.182. The molecule has 108 valence electrons. The summed E-state index contributed by atoms with van der Waals surface area (Å²) >= 11 is 3.37. The highest BCUT2D eigenvalue weighted by molar-refractivity contribution is 9.10. The zero-order valence-corrected chi connectivity index (χ0v) is 12.8. The van der Waals surface area contributed by atoms with Gasteiger partial charge in [-0.15, -0.1) is 0 Å². The highest BCUT2D eigenvalue weighted by atomic mass is 79.9. The number of nitriles is 1. The van der Waals surface area contributed by atoms with Crippen molar-refractivity contribution in [2.75, 3.05) is 0 Å². The maximum Gasteiger partial charge on any atom is 0.169 e. The first kappa shape index (κ1) is 14.4. The lowest BCUT2D eigenvalue weighted by molar-refractivity contribution is 0.111. The number of carbonyl (C=O) groups is 1. The second kappa shape index (κ2) is 5.70. The fourth-order valence-corrected chi connectivity index (χ4v) is 2.82. The van der Waals surface area contributed by atoms with Gasteiger partial charge in [0.25, 0.3) is 0 Å². The van der Waals surface area contributed by atoms with E-state index >= 15 is 0 Å². The molecule has 2 aromatic heterocycles. The lowest BCUT2D eigenvalue weighted by atomic mass is 10.1. The van der Waals surface area contributed by atoms with Crippen molar-refractivity contribution < 1.29 is 9.18 Å². The quantitative estimate of drug-likeness (QED) is 0.670. The van der Waals surface area contributed by atoms with Crippen LogP contribution in [0.3, 0.4) is 0 Å². The van der Waals surface area contributed by atoms with Crippen molar-refractivity contribution in [1.29, 1.82) is 5.26 Å². The fraction of sp³-hybridized carbons (Fsp3) is 0.0625. The van der Waals surface area contributed by atoms with Crippen molar-refractivity contribution in [2.24, 2.45) is 0 Å². The van der Waals surface area contributed by atoms with Gasteiger partial charge < -0.3 is 0 Å². The minimum Gasteiger partial charge on any atom is -0.296 e. The van der Waals surface area contributed by atoms with Crippen LogP contribution < -0.4 is 0 Å². The Morgan fingerprint density at radius 3 is 2.73 bits per heavy atom. The van der Waals surface area contributed by atoms with E-state index in [0.29, 0.717) is 34.4 Å². The van der Waals surface area contributed by atoms with Gasteiger partial charge in [-0.25, -0.2) is 9.37 Å². The summed E-state index contributed by atoms with van der Waals surface area (Å²) in [6.07, 6.45) is 2.61. The van der Waals surface area contributed by atoms with Crippen LogP contribution in [0.1, 0.15) is 16.1 Å². The summed E-state index contributed by atoms with van der Waals surface area (Å²) in [6.45, 7) is 0. The molecular weight excluding hydrogens is 349 g/mol. The van der Waals surface area contributed by atoms with Gasteiger partial charge in [0, 0.05) is 21.8 Å². The molecule has 0 aliphatic carbocycles. The zero-order chi connectivity index (χ0) is 15.7. The van der Waals surface area contributed by atoms with Gasteiger partial charge in [-0.05, 0) is 46.3 Å². The molecule has 0 bridgehead atoms. The van der Waals surface area contributed by atoms with Gasteiger partial charge >= 0.3 is 0 Å². The number of hydrogen-bond acceptors (Lipinski definition) is 3. The first-order valence-corrected chi connectivity index (χ1v) is 7.22. The molecule has 0 fully saturated rings. The lowest BCUT2D eigenvalue weighted by Gasteiger charge is -2.02. The Bertz CT molecular complexity index is 910. The molecule has 0 atom stereocenters. The minimum atomic E-state index is -0.354. The van der Waals surface area contributed by atoms with Crippen molar-refractivity contribution >= 4 is 27.9 Å². The van der Waals surface area contributed by atoms with Crippen LogP contribution in [0.4, 0.5) is 4.39 Å². The predicted octanol–water partition coefficient (Wildman–Crippen LogP) is 3.78. The highest BCUT2D eigenvalue weighted by Gasteiger charge is 2.16. The molecular formula is C16H9BrFN3O. The van der Waals surface area contributed by atoms with Crippen LogP contribution in [0.2, 0.25) is 0 Å². The second-order valence-corrected chi connectivity index (χ2v) is 5.60. The first-order valence-electron chi connectivity index (χ1n) is 6.42. The van der Waals surface area contributed by atoms with Gasteiger partial charge in [-0.3, -0.25) is 9.20 Å². The van der Waals surface area contributed by atoms with Crippen LogP contribution >= 0.6 is 15.9 Å². The summed E-state index contributed by atoms with van der Waals surface area (Å²) in [5, 5.41) is 8.94. The Labute approximate surface area is 134 Å². The summed E-state index contributed by atoms with van der Waals surface area (Å²) in [5.41, 5.74) is 2.74. The lowest BCUT2D eigenvalue weighted by Crippen LogP contribution is -1.96. The average Bonchev–Trinajstić information content (AvgIpc) is 2.86. The average molecular weight is 358 g/mol. The molecule has 22 heavy (non-hydrogen) atoms. The molecule has 0 saturated carbocycles. The van der Waals surface area contributed by atoms with Gasteiger partial charge in [-0.2, -0.15) is 5.26 Å². The van der Waals surface area contributed by atoms with Gasteiger partial charge in [0.2, 0.25) is 0 Å². The molecule has 0 saturated heterocycles. The summed E-state index contributed by atoms with van der Waals surface area (Å²) in [7, 11) is 0. The van der Waals surface area contributed by atoms with E-state index < -0.39 is 0 Å². The van der Waals surface area contributed by atoms with Crippen molar-refractivity contribution in [1.82, 2.24) is 9.38 Å². The Balaban J connectivity index is 2.32. The summed E-state index contributed by atoms with van der Waals surface area (Å²) < 4.78 is 15.5. The molecule has 2 heterocycles. The first-order chi connectivity index (χ1) is 10.6. The van der Waals surface area contributed by atoms with Crippen molar-refractivity contribution in [3.8, 4) is 17.3 Å². The Kier molecular flexibility index (Phi) is 3.73. The Hall–Kier alpha value is -2.52. The molecule has 3 rings (SSSR count). The molecule has 0 aliphatic heterocycles. The smallest absolute Gasteiger partial charge is 0.169 e. The van der Waals surface area contributed by atoms with Crippen molar-refractivity contribution in [3.63, 3.8) is 0 Å². The molecule has 3 aromatic rings. The SMILES string of the molecule is N#CCc1cc(Br)cn2c(C=O)c(-c3ccc(F)cc3)nc12. The Morgan fingerprint density at radius 2 is 2.09 bits per heavy atom. The third-order valence-corrected chi connectivity index (χ3v) is 3.73. The number of benzene rings is 1. The van der Waals surface area contributed by atoms with Crippen LogP contribution in [0.5, 0.6) is 0 Å². The van der Waals surface area contributed by atoms with Crippen molar-refractivity contribution in [3.05, 3.63) is 58.1 Å². The van der Waals surface area contributed by atoms with E-state index in [1.807, 2.05) is 0 Å². The van der Waals surface area contributed by atoms with Gasteiger partial charge in [0.05, 0.1) is 12.5 Å². The van der Waals surface area contributed by atoms with Crippen LogP contribution in [0, 0.1) is 17.1 Å². The van der Waals surface area contributed by atoms with E-state index in [4.69, 9.17) is 5.26 Å².